The molecule has 0 aliphatic heterocycles. The van der Waals surface area contributed by atoms with E-state index in [-0.39, 0.29) is 6.54 Å². The Balaban J connectivity index is 2.53. The number of nitrogens with zero attached hydrogens (tertiary/aromatic N) is 2. The molecule has 0 heterocycles. The van der Waals surface area contributed by atoms with Crippen LogP contribution in [0.3, 0.4) is 0 Å². The maximum Gasteiger partial charge on any atom is 0.103 e. The number of nitrogens with two attached hydrogens (primary N) is 1. The summed E-state index contributed by atoms with van der Waals surface area (Å²) >= 11 is 0. The molecule has 19 heavy (non-hydrogen) atoms. The summed E-state index contributed by atoms with van der Waals surface area (Å²) in [6.07, 6.45) is 0.650. The van der Waals surface area contributed by atoms with Gasteiger partial charge in [-0.2, -0.15) is 0 Å². The van der Waals surface area contributed by atoms with Crippen molar-refractivity contribution in [3.63, 3.8) is 0 Å². The molecule has 0 aliphatic carbocycles. The first kappa shape index (κ1) is 16.1. The van der Waals surface area contributed by atoms with Crippen LogP contribution in [0.15, 0.2) is 30.3 Å². The standard InChI is InChI=1S/C15H27N3O/c1-17(2)11-12-18(3)10-9-15(19,13-16)14-7-5-4-6-8-14/h4-8,19H,9-13,16H2,1-3H3. The highest BCUT2D eigenvalue weighted by molar-refractivity contribution is 5.22. The van der Waals surface area contributed by atoms with Gasteiger partial charge in [0.1, 0.15) is 5.60 Å². The van der Waals surface area contributed by atoms with E-state index in [1.54, 1.807) is 0 Å². The lowest BCUT2D eigenvalue weighted by Gasteiger charge is -2.29. The Kier molecular flexibility index (Phi) is 6.45. The molecule has 0 saturated heterocycles. The highest BCUT2D eigenvalue weighted by Crippen LogP contribution is 2.23. The van der Waals surface area contributed by atoms with Crippen molar-refractivity contribution in [1.82, 2.24) is 9.80 Å². The van der Waals surface area contributed by atoms with Crippen LogP contribution in [0.2, 0.25) is 0 Å². The van der Waals surface area contributed by atoms with E-state index in [2.05, 4.69) is 30.9 Å². The van der Waals surface area contributed by atoms with Crippen molar-refractivity contribution >= 4 is 0 Å². The van der Waals surface area contributed by atoms with Crippen molar-refractivity contribution < 1.29 is 5.11 Å². The molecule has 4 heteroatoms. The molecule has 1 unspecified atom stereocenters. The Labute approximate surface area is 116 Å². The van der Waals surface area contributed by atoms with Gasteiger partial charge >= 0.3 is 0 Å². The van der Waals surface area contributed by atoms with Gasteiger partial charge < -0.3 is 20.6 Å². The quantitative estimate of drug-likeness (QED) is 0.727. The SMILES string of the molecule is CN(C)CCN(C)CCC(O)(CN)c1ccccc1. The van der Waals surface area contributed by atoms with Crippen molar-refractivity contribution in [2.24, 2.45) is 5.73 Å². The van der Waals surface area contributed by atoms with Crippen LogP contribution < -0.4 is 5.73 Å². The zero-order chi connectivity index (χ0) is 14.3. The minimum Gasteiger partial charge on any atom is -0.384 e. The second-order valence-electron chi connectivity index (χ2n) is 5.46. The predicted octanol–water partition coefficient (Wildman–Crippen LogP) is 0.716. The van der Waals surface area contributed by atoms with E-state index < -0.39 is 5.60 Å². The summed E-state index contributed by atoms with van der Waals surface area (Å²) in [6.45, 7) is 3.08. The van der Waals surface area contributed by atoms with Gasteiger partial charge in [0.25, 0.3) is 0 Å². The lowest BCUT2D eigenvalue weighted by Crippen LogP contribution is -2.39. The Hall–Kier alpha value is -0.940. The predicted molar refractivity (Wildman–Crippen MR) is 80.1 cm³/mol. The van der Waals surface area contributed by atoms with E-state index in [0.717, 1.165) is 25.2 Å². The molecular weight excluding hydrogens is 238 g/mol. The van der Waals surface area contributed by atoms with E-state index in [9.17, 15) is 5.11 Å². The zero-order valence-corrected chi connectivity index (χ0v) is 12.3. The van der Waals surface area contributed by atoms with Crippen molar-refractivity contribution in [1.29, 1.82) is 0 Å². The Bertz CT molecular complexity index is 356. The molecule has 0 amide bonds. The van der Waals surface area contributed by atoms with E-state index in [1.165, 1.54) is 0 Å². The summed E-state index contributed by atoms with van der Waals surface area (Å²) in [5.74, 6) is 0. The van der Waals surface area contributed by atoms with Gasteiger partial charge in [-0.3, -0.25) is 0 Å². The molecule has 0 radical (unpaired) electrons. The number of likely N-dealkylation sites (N-methyl/N-ethyl adjacent to an activating group) is 2. The molecule has 1 rings (SSSR count). The van der Waals surface area contributed by atoms with E-state index in [1.807, 2.05) is 30.3 Å². The average molecular weight is 265 g/mol. The summed E-state index contributed by atoms with van der Waals surface area (Å²) in [5.41, 5.74) is 5.75. The van der Waals surface area contributed by atoms with Gasteiger partial charge in [0.05, 0.1) is 0 Å². The number of benzene rings is 1. The molecule has 3 N–H and O–H groups in total. The molecule has 0 bridgehead atoms. The molecule has 1 aromatic carbocycles. The highest BCUT2D eigenvalue weighted by Gasteiger charge is 2.27. The smallest absolute Gasteiger partial charge is 0.103 e. The molecular formula is C15H27N3O. The molecule has 0 aromatic heterocycles. The third kappa shape index (κ3) is 5.28. The topological polar surface area (TPSA) is 52.7 Å². The molecule has 0 fully saturated rings. The lowest BCUT2D eigenvalue weighted by atomic mass is 9.90. The minimum atomic E-state index is -0.923. The van der Waals surface area contributed by atoms with Gasteiger partial charge in [-0.15, -0.1) is 0 Å². The largest absolute Gasteiger partial charge is 0.384 e. The van der Waals surface area contributed by atoms with Crippen molar-refractivity contribution in [2.45, 2.75) is 12.0 Å². The number of hydrogen-bond acceptors (Lipinski definition) is 4. The summed E-state index contributed by atoms with van der Waals surface area (Å²) < 4.78 is 0. The normalized spacial score (nSPS) is 14.9. The van der Waals surface area contributed by atoms with Gasteiger partial charge in [0.2, 0.25) is 0 Å². The molecule has 0 aliphatic rings. The second-order valence-corrected chi connectivity index (χ2v) is 5.46. The van der Waals surface area contributed by atoms with E-state index in [0.29, 0.717) is 6.42 Å². The van der Waals surface area contributed by atoms with Crippen molar-refractivity contribution in [3.05, 3.63) is 35.9 Å². The fraction of sp³-hybridized carbons (Fsp3) is 0.600. The minimum absolute atomic E-state index is 0.249. The fourth-order valence-electron chi connectivity index (χ4n) is 1.97. The Morgan fingerprint density at radius 3 is 2.21 bits per heavy atom. The highest BCUT2D eigenvalue weighted by atomic mass is 16.3. The summed E-state index contributed by atoms with van der Waals surface area (Å²) in [7, 11) is 6.20. The van der Waals surface area contributed by atoms with Gasteiger partial charge in [-0.05, 0) is 33.1 Å². The Morgan fingerprint density at radius 2 is 1.68 bits per heavy atom. The average Bonchev–Trinajstić information content (AvgIpc) is 2.43. The number of hydrogen-bond donors (Lipinski definition) is 2. The first-order valence-corrected chi connectivity index (χ1v) is 6.79. The summed E-state index contributed by atoms with van der Waals surface area (Å²) in [5, 5.41) is 10.7. The van der Waals surface area contributed by atoms with Gasteiger partial charge in [0.15, 0.2) is 0 Å². The van der Waals surface area contributed by atoms with Crippen LogP contribution in [0.1, 0.15) is 12.0 Å². The third-order valence-corrected chi connectivity index (χ3v) is 3.48. The van der Waals surface area contributed by atoms with Crippen LogP contribution >= 0.6 is 0 Å². The first-order valence-electron chi connectivity index (χ1n) is 6.79. The van der Waals surface area contributed by atoms with Gasteiger partial charge in [-0.1, -0.05) is 30.3 Å². The zero-order valence-electron chi connectivity index (χ0n) is 12.3. The van der Waals surface area contributed by atoms with Crippen molar-refractivity contribution in [3.8, 4) is 0 Å². The molecule has 1 aromatic rings. The summed E-state index contributed by atoms with van der Waals surface area (Å²) in [6, 6.07) is 9.69. The van der Waals surface area contributed by atoms with Crippen LogP contribution in [-0.4, -0.2) is 62.2 Å². The molecule has 0 spiro atoms. The number of rotatable bonds is 8. The first-order chi connectivity index (χ1) is 8.98. The lowest BCUT2D eigenvalue weighted by molar-refractivity contribution is 0.0277. The summed E-state index contributed by atoms with van der Waals surface area (Å²) in [4.78, 5) is 4.38. The molecule has 4 nitrogen and oxygen atoms in total. The monoisotopic (exact) mass is 265 g/mol. The van der Waals surface area contributed by atoms with Crippen molar-refractivity contribution in [2.75, 3.05) is 47.3 Å². The third-order valence-electron chi connectivity index (χ3n) is 3.48. The van der Waals surface area contributed by atoms with E-state index >= 15 is 0 Å². The van der Waals surface area contributed by atoms with Crippen LogP contribution in [0.25, 0.3) is 0 Å². The number of aliphatic hydroxyl groups is 1. The Morgan fingerprint density at radius 1 is 1.05 bits per heavy atom. The maximum atomic E-state index is 10.7. The second kappa shape index (κ2) is 7.60. The van der Waals surface area contributed by atoms with Crippen LogP contribution in [0, 0.1) is 0 Å². The molecule has 0 saturated carbocycles. The van der Waals surface area contributed by atoms with Crippen LogP contribution in [0.4, 0.5) is 0 Å². The van der Waals surface area contributed by atoms with Crippen LogP contribution in [0.5, 0.6) is 0 Å². The maximum absolute atomic E-state index is 10.7. The van der Waals surface area contributed by atoms with Gasteiger partial charge in [0, 0.05) is 26.2 Å². The molecule has 108 valence electrons. The van der Waals surface area contributed by atoms with Gasteiger partial charge in [-0.25, -0.2) is 0 Å². The molecule has 1 atom stereocenters. The van der Waals surface area contributed by atoms with Crippen LogP contribution in [-0.2, 0) is 5.60 Å². The fourth-order valence-corrected chi connectivity index (χ4v) is 1.97. The van der Waals surface area contributed by atoms with E-state index in [4.69, 9.17) is 5.73 Å².